The molecule has 1 N–H and O–H groups in total. The summed E-state index contributed by atoms with van der Waals surface area (Å²) in [5.74, 6) is 0.857. The van der Waals surface area contributed by atoms with Crippen LogP contribution in [0.25, 0.3) is 10.2 Å². The summed E-state index contributed by atoms with van der Waals surface area (Å²) in [5, 5.41) is 4.23. The standard InChI is InChI=1S/C20H23N5OS/c26-19(15-6-4-13-25(14-15)20-22-11-5-12-23-20)21-10-3-9-18-24-16-7-1-2-8-17(16)27-18/h1-2,5,7-8,11-12,15H,3-4,6,9-10,13-14H2,(H,21,26). The smallest absolute Gasteiger partial charge is 0.225 e. The molecule has 0 saturated carbocycles. The van der Waals surface area contributed by atoms with Gasteiger partial charge in [0.15, 0.2) is 0 Å². The average molecular weight is 382 g/mol. The lowest BCUT2D eigenvalue weighted by Crippen LogP contribution is -2.43. The van der Waals surface area contributed by atoms with Crippen molar-refractivity contribution in [2.45, 2.75) is 25.7 Å². The molecule has 1 aliphatic heterocycles. The lowest BCUT2D eigenvalue weighted by molar-refractivity contribution is -0.125. The fraction of sp³-hybridized carbons (Fsp3) is 0.400. The minimum absolute atomic E-state index is 0.00464. The summed E-state index contributed by atoms with van der Waals surface area (Å²) < 4.78 is 1.22. The van der Waals surface area contributed by atoms with E-state index in [1.807, 2.05) is 24.3 Å². The van der Waals surface area contributed by atoms with E-state index >= 15 is 0 Å². The molecule has 0 spiro atoms. The van der Waals surface area contributed by atoms with Crippen LogP contribution in [0.15, 0.2) is 42.7 Å². The van der Waals surface area contributed by atoms with Gasteiger partial charge in [0.25, 0.3) is 0 Å². The van der Waals surface area contributed by atoms with E-state index in [4.69, 9.17) is 0 Å². The maximum Gasteiger partial charge on any atom is 0.225 e. The van der Waals surface area contributed by atoms with Gasteiger partial charge in [-0.05, 0) is 37.5 Å². The largest absolute Gasteiger partial charge is 0.356 e. The molecule has 4 rings (SSSR count). The van der Waals surface area contributed by atoms with Gasteiger partial charge >= 0.3 is 0 Å². The fourth-order valence-corrected chi connectivity index (χ4v) is 4.46. The molecular weight excluding hydrogens is 358 g/mol. The first-order chi connectivity index (χ1) is 13.3. The first kappa shape index (κ1) is 17.9. The maximum atomic E-state index is 12.5. The number of rotatable bonds is 6. The molecule has 1 aromatic carbocycles. The number of hydrogen-bond acceptors (Lipinski definition) is 6. The van der Waals surface area contributed by atoms with E-state index in [9.17, 15) is 4.79 Å². The monoisotopic (exact) mass is 381 g/mol. The van der Waals surface area contributed by atoms with E-state index in [1.54, 1.807) is 23.7 Å². The molecule has 6 nitrogen and oxygen atoms in total. The molecule has 1 unspecified atom stereocenters. The summed E-state index contributed by atoms with van der Waals surface area (Å²) in [5.41, 5.74) is 1.06. The summed E-state index contributed by atoms with van der Waals surface area (Å²) in [6.07, 6.45) is 7.20. The average Bonchev–Trinajstić information content (AvgIpc) is 3.15. The number of anilines is 1. The third-order valence-corrected chi connectivity index (χ3v) is 5.93. The van der Waals surface area contributed by atoms with Gasteiger partial charge in [0.1, 0.15) is 0 Å². The summed E-state index contributed by atoms with van der Waals surface area (Å²) >= 11 is 1.74. The summed E-state index contributed by atoms with van der Waals surface area (Å²) in [4.78, 5) is 27.9. The van der Waals surface area contributed by atoms with Crippen molar-refractivity contribution in [3.63, 3.8) is 0 Å². The molecule has 1 saturated heterocycles. The van der Waals surface area contributed by atoms with Gasteiger partial charge in [-0.3, -0.25) is 4.79 Å². The minimum atomic E-state index is 0.00464. The van der Waals surface area contributed by atoms with Gasteiger partial charge in [-0.25, -0.2) is 15.0 Å². The number of nitrogens with zero attached hydrogens (tertiary/aromatic N) is 4. The second-order valence-corrected chi connectivity index (χ2v) is 7.92. The maximum absolute atomic E-state index is 12.5. The molecule has 27 heavy (non-hydrogen) atoms. The number of carbonyl (C=O) groups is 1. The van der Waals surface area contributed by atoms with Gasteiger partial charge in [0.05, 0.1) is 21.1 Å². The van der Waals surface area contributed by atoms with Gasteiger partial charge < -0.3 is 10.2 Å². The molecule has 2 aromatic heterocycles. The normalized spacial score (nSPS) is 17.2. The minimum Gasteiger partial charge on any atom is -0.356 e. The number of aryl methyl sites for hydroxylation is 1. The number of thiazole rings is 1. The summed E-state index contributed by atoms with van der Waals surface area (Å²) in [6, 6.07) is 10.0. The number of fused-ring (bicyclic) bond motifs is 1. The van der Waals surface area contributed by atoms with E-state index in [2.05, 4.69) is 31.2 Å². The first-order valence-electron chi connectivity index (χ1n) is 9.44. The van der Waals surface area contributed by atoms with Crippen molar-refractivity contribution in [3.8, 4) is 0 Å². The van der Waals surface area contributed by atoms with Crippen LogP contribution in [0.3, 0.4) is 0 Å². The number of para-hydroxylation sites is 1. The van der Waals surface area contributed by atoms with Crippen molar-refractivity contribution in [1.29, 1.82) is 0 Å². The van der Waals surface area contributed by atoms with Gasteiger partial charge in [0.2, 0.25) is 11.9 Å². The lowest BCUT2D eigenvalue weighted by atomic mass is 9.97. The quantitative estimate of drug-likeness (QED) is 0.665. The van der Waals surface area contributed by atoms with Crippen molar-refractivity contribution >= 4 is 33.4 Å². The predicted molar refractivity (Wildman–Crippen MR) is 108 cm³/mol. The Hall–Kier alpha value is -2.54. The van der Waals surface area contributed by atoms with Crippen LogP contribution in [0.5, 0.6) is 0 Å². The number of piperidine rings is 1. The van der Waals surface area contributed by atoms with Gasteiger partial charge in [-0.2, -0.15) is 0 Å². The molecular formula is C20H23N5OS. The third-order valence-electron chi connectivity index (χ3n) is 4.83. The number of nitrogens with one attached hydrogen (secondary N) is 1. The second-order valence-electron chi connectivity index (χ2n) is 6.80. The van der Waals surface area contributed by atoms with Crippen molar-refractivity contribution in [2.75, 3.05) is 24.5 Å². The van der Waals surface area contributed by atoms with Crippen molar-refractivity contribution in [1.82, 2.24) is 20.3 Å². The van der Waals surface area contributed by atoms with Crippen LogP contribution < -0.4 is 10.2 Å². The highest BCUT2D eigenvalue weighted by Gasteiger charge is 2.26. The van der Waals surface area contributed by atoms with E-state index in [-0.39, 0.29) is 11.8 Å². The molecule has 140 valence electrons. The van der Waals surface area contributed by atoms with E-state index in [1.165, 1.54) is 4.70 Å². The highest BCUT2D eigenvalue weighted by Crippen LogP contribution is 2.22. The Morgan fingerprint density at radius 2 is 2.07 bits per heavy atom. The number of benzene rings is 1. The molecule has 0 radical (unpaired) electrons. The lowest BCUT2D eigenvalue weighted by Gasteiger charge is -2.31. The fourth-order valence-electron chi connectivity index (χ4n) is 3.45. The molecule has 3 aromatic rings. The zero-order valence-electron chi connectivity index (χ0n) is 15.2. The molecule has 7 heteroatoms. The van der Waals surface area contributed by atoms with Gasteiger partial charge in [-0.15, -0.1) is 11.3 Å². The third kappa shape index (κ3) is 4.42. The second kappa shape index (κ2) is 8.43. The molecule has 3 heterocycles. The highest BCUT2D eigenvalue weighted by atomic mass is 32.1. The molecule has 1 atom stereocenters. The van der Waals surface area contributed by atoms with Crippen LogP contribution in [0, 0.1) is 5.92 Å². The van der Waals surface area contributed by atoms with Crippen LogP contribution in [0.1, 0.15) is 24.3 Å². The van der Waals surface area contributed by atoms with Crippen LogP contribution in [-0.2, 0) is 11.2 Å². The van der Waals surface area contributed by atoms with Crippen LogP contribution in [0.2, 0.25) is 0 Å². The van der Waals surface area contributed by atoms with Crippen molar-refractivity contribution < 1.29 is 4.79 Å². The zero-order valence-corrected chi connectivity index (χ0v) is 16.0. The Bertz CT molecular complexity index is 865. The highest BCUT2D eigenvalue weighted by molar-refractivity contribution is 7.18. The SMILES string of the molecule is O=C(NCCCc1nc2ccccc2s1)C1CCCN(c2ncccn2)C1. The zero-order chi connectivity index (χ0) is 18.5. The summed E-state index contributed by atoms with van der Waals surface area (Å²) in [7, 11) is 0. The molecule has 1 aliphatic rings. The van der Waals surface area contributed by atoms with Crippen LogP contribution in [-0.4, -0.2) is 40.5 Å². The van der Waals surface area contributed by atoms with Gasteiger partial charge in [-0.1, -0.05) is 12.1 Å². The Morgan fingerprint density at radius 3 is 2.93 bits per heavy atom. The predicted octanol–water partition coefficient (Wildman–Crippen LogP) is 3.05. The Balaban J connectivity index is 1.24. The Kier molecular flexibility index (Phi) is 5.58. The summed E-state index contributed by atoms with van der Waals surface area (Å²) in [6.45, 7) is 2.28. The van der Waals surface area contributed by atoms with Gasteiger partial charge in [0, 0.05) is 38.4 Å². The topological polar surface area (TPSA) is 71.0 Å². The molecule has 1 fully saturated rings. The number of aromatic nitrogens is 3. The van der Waals surface area contributed by atoms with Crippen LogP contribution >= 0.6 is 11.3 Å². The van der Waals surface area contributed by atoms with E-state index < -0.39 is 0 Å². The van der Waals surface area contributed by atoms with E-state index in [0.29, 0.717) is 19.0 Å². The first-order valence-corrected chi connectivity index (χ1v) is 10.3. The number of hydrogen-bond donors (Lipinski definition) is 1. The molecule has 0 aliphatic carbocycles. The van der Waals surface area contributed by atoms with Crippen LogP contribution in [0.4, 0.5) is 5.95 Å². The number of carbonyl (C=O) groups excluding carboxylic acids is 1. The Labute approximate surface area is 162 Å². The molecule has 1 amide bonds. The van der Waals surface area contributed by atoms with E-state index in [0.717, 1.165) is 42.8 Å². The van der Waals surface area contributed by atoms with Crippen molar-refractivity contribution in [2.24, 2.45) is 5.92 Å². The molecule has 0 bridgehead atoms. The van der Waals surface area contributed by atoms with Crippen molar-refractivity contribution in [3.05, 3.63) is 47.7 Å². The number of amides is 1. The Morgan fingerprint density at radius 1 is 1.22 bits per heavy atom.